The van der Waals surface area contributed by atoms with Gasteiger partial charge in [-0.05, 0) is 62.2 Å². The summed E-state index contributed by atoms with van der Waals surface area (Å²) in [6.07, 6.45) is 0.358. The van der Waals surface area contributed by atoms with E-state index in [2.05, 4.69) is 20.9 Å². The van der Waals surface area contributed by atoms with Gasteiger partial charge in [-0.3, -0.25) is 10.2 Å². The van der Waals surface area contributed by atoms with Crippen molar-refractivity contribution < 1.29 is 33.7 Å². The maximum Gasteiger partial charge on any atom is 0.426 e. The number of nitrogens with one attached hydrogen (secondary N) is 2. The molecule has 0 unspecified atom stereocenters. The monoisotopic (exact) mass is 576 g/mol. The van der Waals surface area contributed by atoms with Gasteiger partial charge in [0, 0.05) is 13.1 Å². The van der Waals surface area contributed by atoms with E-state index in [1.54, 1.807) is 35.0 Å². The molecule has 2 amide bonds. The average Bonchev–Trinajstić information content (AvgIpc) is 3.36. The number of aromatic carboxylic acids is 1. The third-order valence-electron chi connectivity index (χ3n) is 6.04. The Bertz CT molecular complexity index is 1530. The number of hydrogen-bond acceptors (Lipinski definition) is 9. The lowest BCUT2D eigenvalue weighted by atomic mass is 10.1. The first-order valence-electron chi connectivity index (χ1n) is 12.9. The molecule has 0 fully saturated rings. The van der Waals surface area contributed by atoms with Gasteiger partial charge in [0.2, 0.25) is 0 Å². The smallest absolute Gasteiger partial charge is 0.426 e. The van der Waals surface area contributed by atoms with Crippen LogP contribution >= 0.6 is 0 Å². The highest BCUT2D eigenvalue weighted by Gasteiger charge is 2.26. The van der Waals surface area contributed by atoms with Gasteiger partial charge in [-0.15, -0.1) is 0 Å². The van der Waals surface area contributed by atoms with Crippen LogP contribution in [0.25, 0.3) is 5.52 Å². The molecule has 0 saturated heterocycles. The number of methoxy groups -OCH3 is 2. The molecule has 0 bridgehead atoms. The molecule has 220 valence electrons. The van der Waals surface area contributed by atoms with Crippen LogP contribution in [-0.4, -0.2) is 57.5 Å². The first-order chi connectivity index (χ1) is 20.0. The van der Waals surface area contributed by atoms with E-state index in [9.17, 15) is 19.5 Å². The van der Waals surface area contributed by atoms with Gasteiger partial charge in [0.05, 0.1) is 19.8 Å². The highest BCUT2D eigenvalue weighted by Crippen LogP contribution is 2.29. The largest absolute Gasteiger partial charge is 0.497 e. The van der Waals surface area contributed by atoms with Crippen LogP contribution in [0, 0.1) is 0 Å². The van der Waals surface area contributed by atoms with Gasteiger partial charge in [-0.1, -0.05) is 24.3 Å². The van der Waals surface area contributed by atoms with Crippen molar-refractivity contribution in [3.8, 4) is 11.5 Å². The molecule has 2 aromatic heterocycles. The summed E-state index contributed by atoms with van der Waals surface area (Å²) in [5.74, 6) is -0.407. The molecular formula is C29H32N6O7. The molecule has 0 radical (unpaired) electrons. The van der Waals surface area contributed by atoms with E-state index in [1.807, 2.05) is 53.4 Å². The number of nitrogens with zero attached hydrogens (tertiary/aromatic N) is 4. The van der Waals surface area contributed by atoms with Crippen LogP contribution in [0.1, 0.15) is 52.7 Å². The SMILES string of the molecule is COc1ccc(CN(Cc2ccc(OC)cc2)c2ncnn3c(C(=O)NNC(=O)OC(C)(C)C)cc(C(=O)O)c23)cc1. The fourth-order valence-electron chi connectivity index (χ4n) is 4.17. The Hall–Kier alpha value is -5.33. The topological polar surface area (TPSA) is 157 Å². The van der Waals surface area contributed by atoms with Crippen LogP contribution in [0.15, 0.2) is 60.9 Å². The summed E-state index contributed by atoms with van der Waals surface area (Å²) in [6, 6.07) is 16.1. The maximum absolute atomic E-state index is 13.1. The van der Waals surface area contributed by atoms with E-state index < -0.39 is 23.6 Å². The van der Waals surface area contributed by atoms with Crippen LogP contribution < -0.4 is 25.2 Å². The minimum atomic E-state index is -1.28. The summed E-state index contributed by atoms with van der Waals surface area (Å²) in [4.78, 5) is 43.8. The van der Waals surface area contributed by atoms with Crippen LogP contribution in [-0.2, 0) is 17.8 Å². The second kappa shape index (κ2) is 12.5. The van der Waals surface area contributed by atoms with Crippen molar-refractivity contribution in [1.82, 2.24) is 25.4 Å². The van der Waals surface area contributed by atoms with Crippen molar-refractivity contribution in [2.75, 3.05) is 19.1 Å². The third kappa shape index (κ3) is 7.05. The van der Waals surface area contributed by atoms with Gasteiger partial charge in [0.15, 0.2) is 5.82 Å². The molecule has 42 heavy (non-hydrogen) atoms. The number of ether oxygens (including phenoxy) is 3. The zero-order valence-electron chi connectivity index (χ0n) is 23.9. The average molecular weight is 577 g/mol. The molecule has 0 saturated carbocycles. The fourth-order valence-corrected chi connectivity index (χ4v) is 4.17. The van der Waals surface area contributed by atoms with Gasteiger partial charge in [-0.25, -0.2) is 24.5 Å². The van der Waals surface area contributed by atoms with Crippen LogP contribution in [0.2, 0.25) is 0 Å². The maximum atomic E-state index is 13.1. The minimum Gasteiger partial charge on any atom is -0.497 e. The molecule has 13 nitrogen and oxygen atoms in total. The number of rotatable bonds is 9. The number of amides is 2. The third-order valence-corrected chi connectivity index (χ3v) is 6.04. The zero-order chi connectivity index (χ0) is 30.4. The van der Waals surface area contributed by atoms with Crippen molar-refractivity contribution in [3.05, 3.63) is 83.3 Å². The van der Waals surface area contributed by atoms with E-state index >= 15 is 0 Å². The standard InChI is InChI=1S/C29H32N6O7/c1-29(2,3)42-28(39)33-32-26(36)23-14-22(27(37)38)24-25(30-17-31-35(23)24)34(15-18-6-10-20(40-4)11-7-18)16-19-8-12-21(41-5)13-9-19/h6-14,17H,15-16H2,1-5H3,(H,32,36)(H,33,39)(H,37,38). The van der Waals surface area contributed by atoms with Gasteiger partial charge in [0.1, 0.15) is 34.6 Å². The molecule has 0 aliphatic heterocycles. The van der Waals surface area contributed by atoms with E-state index in [0.29, 0.717) is 24.6 Å². The predicted octanol–water partition coefficient (Wildman–Crippen LogP) is 3.82. The highest BCUT2D eigenvalue weighted by molar-refractivity contribution is 6.04. The summed E-state index contributed by atoms with van der Waals surface area (Å²) in [5.41, 5.74) is 5.22. The Kier molecular flexibility index (Phi) is 8.79. The van der Waals surface area contributed by atoms with Crippen LogP contribution in [0.5, 0.6) is 11.5 Å². The van der Waals surface area contributed by atoms with Gasteiger partial charge in [0.25, 0.3) is 5.91 Å². The van der Waals surface area contributed by atoms with Crippen molar-refractivity contribution in [2.24, 2.45) is 0 Å². The molecule has 4 rings (SSSR count). The first-order valence-corrected chi connectivity index (χ1v) is 12.9. The van der Waals surface area contributed by atoms with Gasteiger partial charge in [-0.2, -0.15) is 5.10 Å². The van der Waals surface area contributed by atoms with Crippen molar-refractivity contribution in [2.45, 2.75) is 39.5 Å². The second-order valence-electron chi connectivity index (χ2n) is 10.2. The number of carbonyl (C=O) groups excluding carboxylic acids is 2. The van der Waals surface area contributed by atoms with E-state index in [1.165, 1.54) is 16.9 Å². The molecule has 13 heteroatoms. The Morgan fingerprint density at radius 2 is 1.45 bits per heavy atom. The lowest BCUT2D eigenvalue weighted by Gasteiger charge is -2.25. The lowest BCUT2D eigenvalue weighted by Crippen LogP contribution is -2.44. The lowest BCUT2D eigenvalue weighted by molar-refractivity contribution is 0.0482. The number of aromatic nitrogens is 3. The minimum absolute atomic E-state index is 0.106. The molecule has 3 N–H and O–H groups in total. The molecule has 0 spiro atoms. The molecule has 2 aromatic carbocycles. The molecular weight excluding hydrogens is 544 g/mol. The number of carbonyl (C=O) groups is 3. The first kappa shape index (κ1) is 29.6. The fraction of sp³-hybridized carbons (Fsp3) is 0.276. The molecule has 0 atom stereocenters. The van der Waals surface area contributed by atoms with E-state index in [4.69, 9.17) is 14.2 Å². The second-order valence-corrected chi connectivity index (χ2v) is 10.2. The highest BCUT2D eigenvalue weighted by atomic mass is 16.6. The Balaban J connectivity index is 1.75. The number of hydrazine groups is 1. The van der Waals surface area contributed by atoms with E-state index in [0.717, 1.165) is 11.1 Å². The Labute approximate surface area is 242 Å². The van der Waals surface area contributed by atoms with Crippen molar-refractivity contribution in [3.63, 3.8) is 0 Å². The molecule has 0 aliphatic rings. The zero-order valence-corrected chi connectivity index (χ0v) is 23.9. The van der Waals surface area contributed by atoms with Crippen molar-refractivity contribution in [1.29, 1.82) is 0 Å². The van der Waals surface area contributed by atoms with Crippen LogP contribution in [0.4, 0.5) is 10.6 Å². The normalized spacial score (nSPS) is 11.1. The summed E-state index contributed by atoms with van der Waals surface area (Å²) < 4.78 is 16.9. The number of carboxylic acids is 1. The number of fused-ring (bicyclic) bond motifs is 1. The summed E-state index contributed by atoms with van der Waals surface area (Å²) in [5, 5.41) is 14.3. The van der Waals surface area contributed by atoms with Crippen LogP contribution in [0.3, 0.4) is 0 Å². The number of hydrogen-bond donors (Lipinski definition) is 3. The van der Waals surface area contributed by atoms with Crippen molar-refractivity contribution >= 4 is 29.3 Å². The number of benzene rings is 2. The molecule has 2 heterocycles. The van der Waals surface area contributed by atoms with E-state index in [-0.39, 0.29) is 22.6 Å². The Morgan fingerprint density at radius 1 is 0.905 bits per heavy atom. The molecule has 0 aliphatic carbocycles. The Morgan fingerprint density at radius 3 is 1.93 bits per heavy atom. The molecule has 4 aromatic rings. The summed E-state index contributed by atoms with van der Waals surface area (Å²) in [7, 11) is 3.17. The summed E-state index contributed by atoms with van der Waals surface area (Å²) >= 11 is 0. The number of anilines is 1. The number of carboxylic acid groups (broad SMARTS) is 1. The van der Waals surface area contributed by atoms with Gasteiger partial charge >= 0.3 is 12.1 Å². The quantitative estimate of drug-likeness (QED) is 0.250. The predicted molar refractivity (Wildman–Crippen MR) is 153 cm³/mol. The van der Waals surface area contributed by atoms with Gasteiger partial charge < -0.3 is 24.2 Å². The summed E-state index contributed by atoms with van der Waals surface area (Å²) in [6.45, 7) is 5.71.